The summed E-state index contributed by atoms with van der Waals surface area (Å²) in [6, 6.07) is 3.42. The molecule has 1 aliphatic carbocycles. The number of carbonyl (C=O) groups is 1. The predicted octanol–water partition coefficient (Wildman–Crippen LogP) is 4.48. The first-order valence-electron chi connectivity index (χ1n) is 9.89. The van der Waals surface area contributed by atoms with Gasteiger partial charge in [-0.2, -0.15) is 0 Å². The number of methoxy groups -OCH3 is 2. The van der Waals surface area contributed by atoms with Crippen LogP contribution in [0.15, 0.2) is 12.1 Å². The van der Waals surface area contributed by atoms with Crippen molar-refractivity contribution in [1.82, 2.24) is 5.32 Å². The molecule has 2 atom stereocenters. The number of carbonyl (C=O) groups excluding carboxylic acids is 1. The molecule has 6 nitrogen and oxygen atoms in total. The molecule has 1 amide bonds. The van der Waals surface area contributed by atoms with Crippen molar-refractivity contribution < 1.29 is 19.4 Å². The molecule has 156 valence electrons. The third kappa shape index (κ3) is 3.41. The van der Waals surface area contributed by atoms with Crippen LogP contribution in [0.25, 0.3) is 0 Å². The number of fused-ring (bicyclic) bond motifs is 3. The zero-order valence-electron chi connectivity index (χ0n) is 17.5. The van der Waals surface area contributed by atoms with Gasteiger partial charge in [0.15, 0.2) is 11.5 Å². The van der Waals surface area contributed by atoms with E-state index in [0.717, 1.165) is 35.4 Å². The number of hydrogen-bond acceptors (Lipinski definition) is 6. The Morgan fingerprint density at radius 3 is 2.38 bits per heavy atom. The normalized spacial score (nSPS) is 20.9. The standard InChI is InChI=1S/C22H28N2O4S/c1-22(2,3)12-6-7-13-16(10-12)29-21-17(13)20(26)23-19(24-21)11-8-14(27-4)18(25)15(9-11)28-5/h8-9,12,19,24-25H,6-7,10H2,1-5H3,(H,23,26)/t12-,19-/m0/s1. The van der Waals surface area contributed by atoms with Gasteiger partial charge in [-0.15, -0.1) is 11.3 Å². The van der Waals surface area contributed by atoms with Gasteiger partial charge in [-0.1, -0.05) is 20.8 Å². The van der Waals surface area contributed by atoms with Crippen LogP contribution < -0.4 is 20.1 Å². The Morgan fingerprint density at radius 2 is 1.79 bits per heavy atom. The number of rotatable bonds is 3. The molecule has 0 spiro atoms. The van der Waals surface area contributed by atoms with Gasteiger partial charge >= 0.3 is 0 Å². The lowest BCUT2D eigenvalue weighted by Gasteiger charge is -2.34. The zero-order valence-corrected chi connectivity index (χ0v) is 18.3. The van der Waals surface area contributed by atoms with E-state index in [-0.39, 0.29) is 17.1 Å². The molecule has 0 saturated carbocycles. The molecule has 7 heteroatoms. The van der Waals surface area contributed by atoms with Crippen molar-refractivity contribution in [3.8, 4) is 17.2 Å². The van der Waals surface area contributed by atoms with Gasteiger partial charge < -0.3 is 25.2 Å². The maximum atomic E-state index is 13.0. The summed E-state index contributed by atoms with van der Waals surface area (Å²) in [5.41, 5.74) is 3.02. The van der Waals surface area contributed by atoms with Crippen LogP contribution >= 0.6 is 11.3 Å². The van der Waals surface area contributed by atoms with E-state index in [0.29, 0.717) is 17.4 Å². The van der Waals surface area contributed by atoms with E-state index in [9.17, 15) is 9.90 Å². The number of nitrogens with one attached hydrogen (secondary N) is 2. The number of thiophene rings is 1. The van der Waals surface area contributed by atoms with E-state index in [1.165, 1.54) is 24.7 Å². The number of benzene rings is 1. The molecule has 4 rings (SSSR count). The minimum absolute atomic E-state index is 0.0542. The fraction of sp³-hybridized carbons (Fsp3) is 0.500. The molecule has 0 unspecified atom stereocenters. The lowest BCUT2D eigenvalue weighted by Crippen LogP contribution is -2.38. The quantitative estimate of drug-likeness (QED) is 0.688. The van der Waals surface area contributed by atoms with Crippen LogP contribution in [-0.2, 0) is 12.8 Å². The maximum absolute atomic E-state index is 13.0. The van der Waals surface area contributed by atoms with Crippen LogP contribution in [0, 0.1) is 11.3 Å². The van der Waals surface area contributed by atoms with Gasteiger partial charge in [0.2, 0.25) is 5.75 Å². The highest BCUT2D eigenvalue weighted by Crippen LogP contribution is 2.47. The lowest BCUT2D eigenvalue weighted by atomic mass is 9.72. The second-order valence-corrected chi connectivity index (χ2v) is 9.94. The second-order valence-electron chi connectivity index (χ2n) is 8.84. The van der Waals surface area contributed by atoms with Gasteiger partial charge in [-0.05, 0) is 48.3 Å². The fourth-order valence-corrected chi connectivity index (χ4v) is 5.64. The number of phenolic OH excluding ortho intramolecular Hbond substituents is 1. The molecule has 0 saturated heterocycles. The molecule has 0 radical (unpaired) electrons. The predicted molar refractivity (Wildman–Crippen MR) is 114 cm³/mol. The first-order valence-corrected chi connectivity index (χ1v) is 10.7. The Hall–Kier alpha value is -2.41. The van der Waals surface area contributed by atoms with Crippen LogP contribution in [0.3, 0.4) is 0 Å². The maximum Gasteiger partial charge on any atom is 0.256 e. The van der Waals surface area contributed by atoms with Crippen molar-refractivity contribution in [2.75, 3.05) is 19.5 Å². The molecule has 2 aromatic rings. The molecule has 1 aromatic heterocycles. The minimum Gasteiger partial charge on any atom is -0.502 e. The lowest BCUT2D eigenvalue weighted by molar-refractivity contribution is 0.0934. The largest absolute Gasteiger partial charge is 0.502 e. The third-order valence-electron chi connectivity index (χ3n) is 6.10. The molecule has 29 heavy (non-hydrogen) atoms. The van der Waals surface area contributed by atoms with Gasteiger partial charge in [-0.25, -0.2) is 0 Å². The molecule has 2 aliphatic rings. The minimum atomic E-state index is -0.420. The van der Waals surface area contributed by atoms with Crippen LogP contribution in [0.5, 0.6) is 17.2 Å². The molecular formula is C22H28N2O4S. The highest BCUT2D eigenvalue weighted by atomic mass is 32.1. The number of hydrogen-bond donors (Lipinski definition) is 3. The number of amides is 1. The summed E-state index contributed by atoms with van der Waals surface area (Å²) in [6.07, 6.45) is 2.67. The summed E-state index contributed by atoms with van der Waals surface area (Å²) in [5.74, 6) is 1.13. The molecule has 2 heterocycles. The van der Waals surface area contributed by atoms with Crippen molar-refractivity contribution in [2.45, 2.75) is 46.2 Å². The number of aromatic hydroxyl groups is 1. The van der Waals surface area contributed by atoms with Gasteiger partial charge in [0, 0.05) is 10.4 Å². The van der Waals surface area contributed by atoms with E-state index in [1.54, 1.807) is 23.5 Å². The van der Waals surface area contributed by atoms with E-state index < -0.39 is 6.17 Å². The van der Waals surface area contributed by atoms with E-state index in [4.69, 9.17) is 9.47 Å². The highest BCUT2D eigenvalue weighted by Gasteiger charge is 2.36. The van der Waals surface area contributed by atoms with Gasteiger partial charge in [0.1, 0.15) is 11.2 Å². The first-order chi connectivity index (χ1) is 13.7. The number of anilines is 1. The summed E-state index contributed by atoms with van der Waals surface area (Å²) in [4.78, 5) is 14.3. The van der Waals surface area contributed by atoms with E-state index in [1.807, 2.05) is 0 Å². The Morgan fingerprint density at radius 1 is 1.14 bits per heavy atom. The zero-order chi connectivity index (χ0) is 20.9. The third-order valence-corrected chi connectivity index (χ3v) is 7.29. The van der Waals surface area contributed by atoms with E-state index >= 15 is 0 Å². The van der Waals surface area contributed by atoms with Crippen molar-refractivity contribution in [3.05, 3.63) is 33.7 Å². The Bertz CT molecular complexity index is 935. The highest BCUT2D eigenvalue weighted by molar-refractivity contribution is 7.16. The van der Waals surface area contributed by atoms with Crippen LogP contribution in [0.4, 0.5) is 5.00 Å². The van der Waals surface area contributed by atoms with Gasteiger partial charge in [0.25, 0.3) is 5.91 Å². The van der Waals surface area contributed by atoms with E-state index in [2.05, 4.69) is 31.4 Å². The average molecular weight is 417 g/mol. The first kappa shape index (κ1) is 19.9. The number of phenols is 1. The smallest absolute Gasteiger partial charge is 0.256 e. The summed E-state index contributed by atoms with van der Waals surface area (Å²) in [6.45, 7) is 6.88. The summed E-state index contributed by atoms with van der Waals surface area (Å²) in [7, 11) is 2.98. The topological polar surface area (TPSA) is 79.8 Å². The molecule has 1 aromatic carbocycles. The Kier molecular flexibility index (Phi) is 4.89. The van der Waals surface area contributed by atoms with Crippen LogP contribution in [-0.4, -0.2) is 25.2 Å². The van der Waals surface area contributed by atoms with Crippen LogP contribution in [0.2, 0.25) is 0 Å². The molecule has 0 bridgehead atoms. The fourth-order valence-electron chi connectivity index (χ4n) is 4.28. The molecule has 1 aliphatic heterocycles. The SMILES string of the molecule is COc1cc([C@H]2NC(=O)c3c(sc4c3CC[C@H](C(C)(C)C)C4)N2)cc(OC)c1O. The van der Waals surface area contributed by atoms with Gasteiger partial charge in [-0.3, -0.25) is 4.79 Å². The van der Waals surface area contributed by atoms with Crippen LogP contribution in [0.1, 0.15) is 59.7 Å². The molecule has 0 fully saturated rings. The van der Waals surface area contributed by atoms with Crippen molar-refractivity contribution in [2.24, 2.45) is 11.3 Å². The molecular weight excluding hydrogens is 388 g/mol. The monoisotopic (exact) mass is 416 g/mol. The van der Waals surface area contributed by atoms with Crippen molar-refractivity contribution in [3.63, 3.8) is 0 Å². The summed E-state index contributed by atoms with van der Waals surface area (Å²) >= 11 is 1.70. The summed E-state index contributed by atoms with van der Waals surface area (Å²) < 4.78 is 10.5. The van der Waals surface area contributed by atoms with Gasteiger partial charge in [0.05, 0.1) is 19.8 Å². The number of ether oxygens (including phenoxy) is 2. The Balaban J connectivity index is 1.67. The van der Waals surface area contributed by atoms with Crippen molar-refractivity contribution in [1.29, 1.82) is 0 Å². The molecule has 3 N–H and O–H groups in total. The van der Waals surface area contributed by atoms with Crippen molar-refractivity contribution >= 4 is 22.2 Å². The summed E-state index contributed by atoms with van der Waals surface area (Å²) in [5, 5.41) is 17.6. The average Bonchev–Trinajstić information content (AvgIpc) is 3.05. The Labute approximate surface area is 175 Å². The second kappa shape index (κ2) is 7.13.